The molecule has 1 amide bonds. The van der Waals surface area contributed by atoms with E-state index >= 15 is 0 Å². The Kier molecular flexibility index (Phi) is 8.96. The molecule has 0 saturated carbocycles. The minimum atomic E-state index is -0.971. The van der Waals surface area contributed by atoms with Crippen molar-refractivity contribution in [3.63, 3.8) is 0 Å². The van der Waals surface area contributed by atoms with Crippen molar-refractivity contribution in [2.75, 3.05) is 6.54 Å². The van der Waals surface area contributed by atoms with Crippen molar-refractivity contribution < 1.29 is 23.1 Å². The van der Waals surface area contributed by atoms with Gasteiger partial charge in [-0.2, -0.15) is 0 Å². The summed E-state index contributed by atoms with van der Waals surface area (Å²) in [7, 11) is 0. The van der Waals surface area contributed by atoms with Crippen molar-refractivity contribution in [2.45, 2.75) is 52.3 Å². The molecular weight excluding hydrogens is 438 g/mol. The zero-order chi connectivity index (χ0) is 24.7. The summed E-state index contributed by atoms with van der Waals surface area (Å²) >= 11 is 0. The van der Waals surface area contributed by atoms with E-state index in [1.165, 1.54) is 24.6 Å². The fourth-order valence-electron chi connectivity index (χ4n) is 4.09. The molecule has 0 fully saturated rings. The lowest BCUT2D eigenvalue weighted by Gasteiger charge is -2.24. The Labute approximate surface area is 199 Å². The van der Waals surface area contributed by atoms with Crippen LogP contribution >= 0.6 is 0 Å². The van der Waals surface area contributed by atoms with E-state index in [0.29, 0.717) is 18.0 Å². The van der Waals surface area contributed by atoms with E-state index < -0.39 is 23.8 Å². The van der Waals surface area contributed by atoms with Crippen molar-refractivity contribution in [2.24, 2.45) is 5.92 Å². The van der Waals surface area contributed by atoms with Crippen LogP contribution in [-0.4, -0.2) is 29.7 Å². The van der Waals surface area contributed by atoms with Gasteiger partial charge in [-0.3, -0.25) is 4.79 Å². The molecule has 182 valence electrons. The second-order valence-corrected chi connectivity index (χ2v) is 9.05. The third-order valence-electron chi connectivity index (χ3n) is 5.50. The highest BCUT2D eigenvalue weighted by Crippen LogP contribution is 2.26. The van der Waals surface area contributed by atoms with Crippen LogP contribution < -0.4 is 10.6 Å². The van der Waals surface area contributed by atoms with Gasteiger partial charge in [0.05, 0.1) is 18.4 Å². The predicted octanol–water partition coefficient (Wildman–Crippen LogP) is 4.62. The lowest BCUT2D eigenvalue weighted by Crippen LogP contribution is -2.48. The van der Waals surface area contributed by atoms with Gasteiger partial charge in [0.25, 0.3) is 0 Å². The molecule has 3 aromatic rings. The van der Waals surface area contributed by atoms with Gasteiger partial charge < -0.3 is 20.2 Å². The number of nitrogens with one attached hydrogen (secondary N) is 2. The summed E-state index contributed by atoms with van der Waals surface area (Å²) in [6.45, 7) is 6.33. The Hall–Kier alpha value is -3.03. The first-order valence-corrected chi connectivity index (χ1v) is 11.5. The molecule has 1 heterocycles. The number of carbonyl (C=O) groups is 1. The van der Waals surface area contributed by atoms with Gasteiger partial charge in [0, 0.05) is 31.6 Å². The van der Waals surface area contributed by atoms with Crippen molar-refractivity contribution in [1.29, 1.82) is 0 Å². The minimum Gasteiger partial charge on any atom is -0.464 e. The maximum atomic E-state index is 13.6. The molecule has 2 aromatic carbocycles. The number of aliphatic hydroxyl groups is 1. The van der Waals surface area contributed by atoms with Crippen LogP contribution in [-0.2, 0) is 24.2 Å². The predicted molar refractivity (Wildman–Crippen MR) is 128 cm³/mol. The van der Waals surface area contributed by atoms with Crippen LogP contribution in [0.1, 0.15) is 37.5 Å². The number of amides is 1. The number of hydrogen-bond acceptors (Lipinski definition) is 4. The number of halogens is 2. The molecule has 0 aliphatic heterocycles. The van der Waals surface area contributed by atoms with Crippen molar-refractivity contribution in [1.82, 2.24) is 10.6 Å². The first-order valence-electron chi connectivity index (χ1n) is 11.5. The van der Waals surface area contributed by atoms with Crippen LogP contribution in [0.3, 0.4) is 0 Å². The summed E-state index contributed by atoms with van der Waals surface area (Å²) in [5.74, 6) is -0.449. The number of carbonyl (C=O) groups excluding carboxylic acids is 1. The van der Waals surface area contributed by atoms with E-state index in [9.17, 15) is 18.7 Å². The molecule has 0 unspecified atom stereocenters. The smallest absolute Gasteiger partial charge is 0.217 e. The van der Waals surface area contributed by atoms with Crippen molar-refractivity contribution in [3.8, 4) is 11.3 Å². The van der Waals surface area contributed by atoms with E-state index in [1.807, 2.05) is 18.2 Å². The van der Waals surface area contributed by atoms with Crippen molar-refractivity contribution >= 4 is 5.91 Å². The highest BCUT2D eigenvalue weighted by molar-refractivity contribution is 5.73. The van der Waals surface area contributed by atoms with E-state index in [2.05, 4.69) is 36.6 Å². The lowest BCUT2D eigenvalue weighted by molar-refractivity contribution is -0.120. The Morgan fingerprint density at radius 3 is 2.38 bits per heavy atom. The third kappa shape index (κ3) is 7.50. The largest absolute Gasteiger partial charge is 0.464 e. The minimum absolute atomic E-state index is 0.0959. The molecule has 0 aliphatic rings. The summed E-state index contributed by atoms with van der Waals surface area (Å²) < 4.78 is 32.8. The summed E-state index contributed by atoms with van der Waals surface area (Å²) in [5, 5.41) is 16.7. The molecule has 3 N–H and O–H groups in total. The van der Waals surface area contributed by atoms with Gasteiger partial charge in [-0.15, -0.1) is 0 Å². The van der Waals surface area contributed by atoms with Gasteiger partial charge in [-0.05, 0) is 59.7 Å². The molecule has 0 saturated heterocycles. The number of aliphatic hydroxyl groups excluding tert-OH is 1. The Morgan fingerprint density at radius 1 is 1.03 bits per heavy atom. The second-order valence-electron chi connectivity index (χ2n) is 9.05. The van der Waals surface area contributed by atoms with E-state index in [-0.39, 0.29) is 18.9 Å². The number of furan rings is 1. The Morgan fingerprint density at radius 2 is 1.76 bits per heavy atom. The average molecular weight is 471 g/mol. The number of rotatable bonds is 11. The van der Waals surface area contributed by atoms with Crippen LogP contribution in [0.2, 0.25) is 0 Å². The van der Waals surface area contributed by atoms with Crippen LogP contribution in [0.4, 0.5) is 8.78 Å². The standard InChI is InChI=1S/C27H32F2N2O3/c1-17(2)9-19-6-7-24(27-5-4-8-34-27)21(10-19)15-30-16-26(33)25(31-18(3)32)13-20-11-22(28)14-23(29)12-20/h4-8,10-12,14,17,25-26,30,33H,9,13,15-16H2,1-3H3,(H,31,32)/t25-,26+/m0/s1. The summed E-state index contributed by atoms with van der Waals surface area (Å²) in [5.41, 5.74) is 3.57. The Balaban J connectivity index is 1.70. The maximum Gasteiger partial charge on any atom is 0.217 e. The van der Waals surface area contributed by atoms with Crippen molar-refractivity contribution in [3.05, 3.63) is 83.1 Å². The normalized spacial score (nSPS) is 13.1. The molecule has 34 heavy (non-hydrogen) atoms. The van der Waals surface area contributed by atoms with Gasteiger partial charge in [0.2, 0.25) is 5.91 Å². The van der Waals surface area contributed by atoms with E-state index in [0.717, 1.165) is 29.4 Å². The van der Waals surface area contributed by atoms with Gasteiger partial charge in [0.15, 0.2) is 0 Å². The van der Waals surface area contributed by atoms with Gasteiger partial charge >= 0.3 is 0 Å². The summed E-state index contributed by atoms with van der Waals surface area (Å²) in [4.78, 5) is 11.7. The molecule has 2 atom stereocenters. The number of hydrogen-bond donors (Lipinski definition) is 3. The van der Waals surface area contributed by atoms with Gasteiger partial charge in [-0.1, -0.05) is 32.0 Å². The van der Waals surface area contributed by atoms with Crippen LogP contribution in [0, 0.1) is 17.6 Å². The molecule has 5 nitrogen and oxygen atoms in total. The maximum absolute atomic E-state index is 13.6. The summed E-state index contributed by atoms with van der Waals surface area (Å²) in [6.07, 6.45) is 1.70. The molecule has 0 radical (unpaired) electrons. The molecule has 0 aliphatic carbocycles. The Bertz CT molecular complexity index is 1060. The molecular formula is C27H32F2N2O3. The first kappa shape index (κ1) is 25.6. The van der Waals surface area contributed by atoms with Gasteiger partial charge in [0.1, 0.15) is 17.4 Å². The fourth-order valence-corrected chi connectivity index (χ4v) is 4.09. The monoisotopic (exact) mass is 470 g/mol. The highest BCUT2D eigenvalue weighted by Gasteiger charge is 2.21. The molecule has 1 aromatic heterocycles. The number of benzene rings is 2. The SMILES string of the molecule is CC(=O)N[C@@H](Cc1cc(F)cc(F)c1)[C@H](O)CNCc1cc(CC(C)C)ccc1-c1ccco1. The fraction of sp³-hybridized carbons (Fsp3) is 0.370. The molecule has 0 bridgehead atoms. The molecule has 7 heteroatoms. The van der Waals surface area contributed by atoms with Crippen LogP contribution in [0.15, 0.2) is 59.2 Å². The zero-order valence-corrected chi connectivity index (χ0v) is 19.8. The third-order valence-corrected chi connectivity index (χ3v) is 5.50. The summed E-state index contributed by atoms with van der Waals surface area (Å²) in [6, 6.07) is 12.5. The second kappa shape index (κ2) is 11.9. The van der Waals surface area contributed by atoms with Crippen LogP contribution in [0.25, 0.3) is 11.3 Å². The zero-order valence-electron chi connectivity index (χ0n) is 19.8. The van der Waals surface area contributed by atoms with Gasteiger partial charge in [-0.25, -0.2) is 8.78 Å². The van der Waals surface area contributed by atoms with Crippen LogP contribution in [0.5, 0.6) is 0 Å². The van der Waals surface area contributed by atoms with E-state index in [1.54, 1.807) is 6.26 Å². The quantitative estimate of drug-likeness (QED) is 0.382. The topological polar surface area (TPSA) is 74.5 Å². The lowest BCUT2D eigenvalue weighted by atomic mass is 9.96. The highest BCUT2D eigenvalue weighted by atomic mass is 19.1. The van der Waals surface area contributed by atoms with E-state index in [4.69, 9.17) is 4.42 Å². The molecule has 3 rings (SSSR count). The average Bonchev–Trinajstić information content (AvgIpc) is 3.26. The first-order chi connectivity index (χ1) is 16.2. The molecule has 0 spiro atoms.